The van der Waals surface area contributed by atoms with E-state index in [1.54, 1.807) is 0 Å². The molecule has 0 saturated heterocycles. The first kappa shape index (κ1) is 15.2. The minimum absolute atomic E-state index is 0.300. The Morgan fingerprint density at radius 1 is 1.05 bits per heavy atom. The minimum Gasteiger partial charge on any atom is -0.387 e. The molecule has 0 aromatic heterocycles. The van der Waals surface area contributed by atoms with E-state index in [9.17, 15) is 15.3 Å². The van der Waals surface area contributed by atoms with E-state index in [1.165, 1.54) is 37.7 Å². The van der Waals surface area contributed by atoms with Gasteiger partial charge in [-0.2, -0.15) is 0 Å². The summed E-state index contributed by atoms with van der Waals surface area (Å²) in [5.74, 6) is -0.354. The third-order valence-electron chi connectivity index (χ3n) is 8.19. The van der Waals surface area contributed by atoms with Crippen molar-refractivity contribution in [3.8, 4) is 0 Å². The second-order valence-corrected chi connectivity index (χ2v) is 8.91. The topological polar surface area (TPSA) is 60.7 Å². The van der Waals surface area contributed by atoms with Crippen LogP contribution < -0.4 is 0 Å². The standard InChI is InChI=1S/C19H30O3/c1-17-10-3-4-14(17)13-7-5-12-6-8-16(20)19(21,22)18(12,2)15(13)9-11-17/h6,13-16,20-22H,3-5,7-11H2,1-2H3/t13-,14-,15-,16?,17-,18-/m0/s1. The number of fused-ring (bicyclic) bond motifs is 5. The Labute approximate surface area is 133 Å². The van der Waals surface area contributed by atoms with Crippen molar-refractivity contribution in [1.29, 1.82) is 0 Å². The number of rotatable bonds is 0. The first-order valence-corrected chi connectivity index (χ1v) is 9.13. The van der Waals surface area contributed by atoms with Crippen molar-refractivity contribution >= 4 is 0 Å². The van der Waals surface area contributed by atoms with Crippen molar-refractivity contribution in [3.05, 3.63) is 11.6 Å². The Morgan fingerprint density at radius 2 is 1.82 bits per heavy atom. The van der Waals surface area contributed by atoms with Crippen LogP contribution >= 0.6 is 0 Å². The van der Waals surface area contributed by atoms with Gasteiger partial charge in [-0.15, -0.1) is 0 Å². The van der Waals surface area contributed by atoms with E-state index in [1.807, 2.05) is 6.92 Å². The highest BCUT2D eigenvalue weighted by Gasteiger charge is 2.64. The van der Waals surface area contributed by atoms with Gasteiger partial charge in [0.1, 0.15) is 6.10 Å². The second-order valence-electron chi connectivity index (χ2n) is 8.91. The van der Waals surface area contributed by atoms with Crippen LogP contribution in [0.5, 0.6) is 0 Å². The van der Waals surface area contributed by atoms with Crippen molar-refractivity contribution in [2.75, 3.05) is 0 Å². The Bertz CT molecular complexity index is 511. The molecule has 124 valence electrons. The van der Waals surface area contributed by atoms with Crippen LogP contribution in [0.25, 0.3) is 0 Å². The van der Waals surface area contributed by atoms with E-state index in [2.05, 4.69) is 13.0 Å². The summed E-state index contributed by atoms with van der Waals surface area (Å²) in [6.07, 6.45) is 9.82. The molecule has 4 aliphatic rings. The molecule has 0 heterocycles. The molecule has 3 nitrogen and oxygen atoms in total. The van der Waals surface area contributed by atoms with Crippen LogP contribution in [-0.4, -0.2) is 27.2 Å². The molecule has 0 aliphatic heterocycles. The lowest BCUT2D eigenvalue weighted by atomic mass is 9.46. The van der Waals surface area contributed by atoms with Crippen molar-refractivity contribution in [2.24, 2.45) is 28.6 Å². The maximum atomic E-state index is 10.8. The summed E-state index contributed by atoms with van der Waals surface area (Å²) in [6, 6.07) is 0. The monoisotopic (exact) mass is 306 g/mol. The van der Waals surface area contributed by atoms with Crippen molar-refractivity contribution in [1.82, 2.24) is 0 Å². The zero-order chi connectivity index (χ0) is 15.8. The number of aliphatic hydroxyl groups excluding tert-OH is 1. The smallest absolute Gasteiger partial charge is 0.199 e. The summed E-state index contributed by atoms with van der Waals surface area (Å²) in [7, 11) is 0. The molecule has 0 aromatic rings. The van der Waals surface area contributed by atoms with Crippen LogP contribution in [0.2, 0.25) is 0 Å². The van der Waals surface area contributed by atoms with E-state index >= 15 is 0 Å². The Hall–Kier alpha value is -0.380. The van der Waals surface area contributed by atoms with Crippen LogP contribution in [0.1, 0.15) is 65.2 Å². The number of hydrogen-bond acceptors (Lipinski definition) is 3. The van der Waals surface area contributed by atoms with E-state index in [-0.39, 0.29) is 0 Å². The van der Waals surface area contributed by atoms with Gasteiger partial charge in [-0.05, 0) is 68.1 Å². The molecule has 0 spiro atoms. The molecule has 6 atom stereocenters. The van der Waals surface area contributed by atoms with Crippen LogP contribution in [0.15, 0.2) is 11.6 Å². The fourth-order valence-electron chi connectivity index (χ4n) is 6.81. The summed E-state index contributed by atoms with van der Waals surface area (Å²) in [5.41, 5.74) is 0.988. The second kappa shape index (κ2) is 4.58. The molecular weight excluding hydrogens is 276 g/mol. The predicted octanol–water partition coefficient (Wildman–Crippen LogP) is 2.99. The third-order valence-corrected chi connectivity index (χ3v) is 8.19. The molecule has 4 rings (SSSR count). The van der Waals surface area contributed by atoms with Gasteiger partial charge in [0.15, 0.2) is 5.79 Å². The molecular formula is C19H30O3. The highest BCUT2D eigenvalue weighted by molar-refractivity contribution is 5.29. The minimum atomic E-state index is -1.98. The van der Waals surface area contributed by atoms with Crippen LogP contribution in [0.3, 0.4) is 0 Å². The maximum absolute atomic E-state index is 10.8. The molecule has 0 radical (unpaired) electrons. The lowest BCUT2D eigenvalue weighted by Crippen LogP contribution is -2.64. The first-order chi connectivity index (χ1) is 10.3. The van der Waals surface area contributed by atoms with E-state index in [0.717, 1.165) is 18.8 Å². The SMILES string of the molecule is C[C@@]12CCC[C@H]1[C@@H]1CCC3=CCC(O)C(O)(O)[C@]3(C)[C@H]1CC2. The molecule has 3 heteroatoms. The van der Waals surface area contributed by atoms with E-state index in [0.29, 0.717) is 23.7 Å². The normalized spacial score (nSPS) is 53.2. The van der Waals surface area contributed by atoms with Crippen LogP contribution in [0, 0.1) is 28.6 Å². The molecule has 3 fully saturated rings. The molecule has 3 N–H and O–H groups in total. The van der Waals surface area contributed by atoms with Gasteiger partial charge >= 0.3 is 0 Å². The molecule has 0 amide bonds. The summed E-state index contributed by atoms with van der Waals surface area (Å²) < 4.78 is 0. The van der Waals surface area contributed by atoms with Crippen LogP contribution in [0.4, 0.5) is 0 Å². The number of hydrogen-bond donors (Lipinski definition) is 3. The molecule has 22 heavy (non-hydrogen) atoms. The van der Waals surface area contributed by atoms with Crippen molar-refractivity contribution in [2.45, 2.75) is 77.1 Å². The summed E-state index contributed by atoms with van der Waals surface area (Å²) in [5, 5.41) is 31.8. The summed E-state index contributed by atoms with van der Waals surface area (Å²) >= 11 is 0. The third kappa shape index (κ3) is 1.68. The Morgan fingerprint density at radius 3 is 2.59 bits per heavy atom. The lowest BCUT2D eigenvalue weighted by Gasteiger charge is -2.61. The van der Waals surface area contributed by atoms with E-state index in [4.69, 9.17) is 0 Å². The fourth-order valence-corrected chi connectivity index (χ4v) is 6.81. The van der Waals surface area contributed by atoms with Crippen molar-refractivity contribution in [3.63, 3.8) is 0 Å². The van der Waals surface area contributed by atoms with Gasteiger partial charge in [0.05, 0.1) is 0 Å². The van der Waals surface area contributed by atoms with Gasteiger partial charge in [-0.3, -0.25) is 0 Å². The van der Waals surface area contributed by atoms with Gasteiger partial charge in [0.25, 0.3) is 0 Å². The highest BCUT2D eigenvalue weighted by Crippen LogP contribution is 2.66. The van der Waals surface area contributed by atoms with Gasteiger partial charge < -0.3 is 15.3 Å². The quantitative estimate of drug-likeness (QED) is 0.476. The zero-order valence-electron chi connectivity index (χ0n) is 13.9. The molecule has 0 bridgehead atoms. The van der Waals surface area contributed by atoms with E-state index < -0.39 is 17.3 Å². The lowest BCUT2D eigenvalue weighted by molar-refractivity contribution is -0.307. The average molecular weight is 306 g/mol. The fraction of sp³-hybridized carbons (Fsp3) is 0.895. The van der Waals surface area contributed by atoms with Gasteiger partial charge in [0.2, 0.25) is 0 Å². The van der Waals surface area contributed by atoms with Gasteiger partial charge in [-0.25, -0.2) is 0 Å². The highest BCUT2D eigenvalue weighted by atomic mass is 16.5. The van der Waals surface area contributed by atoms with Gasteiger partial charge in [0, 0.05) is 5.41 Å². The van der Waals surface area contributed by atoms with Crippen molar-refractivity contribution < 1.29 is 15.3 Å². The molecule has 4 aliphatic carbocycles. The predicted molar refractivity (Wildman–Crippen MR) is 84.9 cm³/mol. The maximum Gasteiger partial charge on any atom is 0.199 e. The van der Waals surface area contributed by atoms with Crippen LogP contribution in [-0.2, 0) is 0 Å². The summed E-state index contributed by atoms with van der Waals surface area (Å²) in [4.78, 5) is 0. The molecule has 1 unspecified atom stereocenters. The van der Waals surface area contributed by atoms with Gasteiger partial charge in [-0.1, -0.05) is 31.9 Å². The zero-order valence-corrected chi connectivity index (χ0v) is 13.9. The summed E-state index contributed by atoms with van der Waals surface area (Å²) in [6.45, 7) is 4.46. The Balaban J connectivity index is 1.76. The first-order valence-electron chi connectivity index (χ1n) is 9.13. The average Bonchev–Trinajstić information content (AvgIpc) is 2.86. The number of aliphatic hydroxyl groups is 3. The molecule has 0 aromatic carbocycles. The molecule has 3 saturated carbocycles. The Kier molecular flexibility index (Phi) is 3.16. The largest absolute Gasteiger partial charge is 0.387 e.